The maximum atomic E-state index is 12.3. The van der Waals surface area contributed by atoms with Gasteiger partial charge in [0.05, 0.1) is 24.3 Å². The molecule has 2 N–H and O–H groups in total. The number of hydrogen-bond donors (Lipinski definition) is 2. The molecule has 1 unspecified atom stereocenters. The third kappa shape index (κ3) is 2.33. The second kappa shape index (κ2) is 5.73. The van der Waals surface area contributed by atoms with E-state index in [1.807, 2.05) is 36.5 Å². The average molecular weight is 345 g/mol. The topological polar surface area (TPSA) is 85.0 Å². The fourth-order valence-electron chi connectivity index (χ4n) is 3.40. The van der Waals surface area contributed by atoms with Gasteiger partial charge in [0.15, 0.2) is 5.58 Å². The molecular formula is C19H15N5O2. The van der Waals surface area contributed by atoms with Crippen molar-refractivity contribution in [3.05, 3.63) is 66.6 Å². The number of aromatic nitrogens is 3. The number of oxazole rings is 1. The molecule has 2 aromatic heterocycles. The van der Waals surface area contributed by atoms with Gasteiger partial charge < -0.3 is 14.3 Å². The minimum atomic E-state index is -0.359. The van der Waals surface area contributed by atoms with E-state index in [4.69, 9.17) is 4.42 Å². The van der Waals surface area contributed by atoms with Crippen molar-refractivity contribution >= 4 is 23.1 Å². The van der Waals surface area contributed by atoms with Crippen LogP contribution >= 0.6 is 0 Å². The van der Waals surface area contributed by atoms with Crippen LogP contribution in [0.1, 0.15) is 11.6 Å². The Labute approximate surface area is 148 Å². The molecule has 1 atom stereocenters. The van der Waals surface area contributed by atoms with Crippen LogP contribution < -0.4 is 10.6 Å². The molecule has 0 fully saturated rings. The third-order valence-electron chi connectivity index (χ3n) is 4.57. The van der Waals surface area contributed by atoms with E-state index in [1.54, 1.807) is 12.4 Å². The zero-order chi connectivity index (χ0) is 17.5. The van der Waals surface area contributed by atoms with Crippen LogP contribution in [0.4, 0.5) is 10.8 Å². The van der Waals surface area contributed by atoms with E-state index in [0.29, 0.717) is 17.6 Å². The number of amides is 2. The van der Waals surface area contributed by atoms with E-state index in [0.717, 1.165) is 11.3 Å². The zero-order valence-electron chi connectivity index (χ0n) is 13.7. The van der Waals surface area contributed by atoms with Crippen molar-refractivity contribution in [2.45, 2.75) is 6.04 Å². The molecule has 2 amide bonds. The molecule has 0 radical (unpaired) electrons. The first-order chi connectivity index (χ1) is 12.8. The lowest BCUT2D eigenvalue weighted by atomic mass is 10.0. The molecule has 0 saturated carbocycles. The van der Waals surface area contributed by atoms with Crippen molar-refractivity contribution in [1.82, 2.24) is 19.9 Å². The molecule has 3 heterocycles. The van der Waals surface area contributed by atoms with Crippen LogP contribution in [0.3, 0.4) is 0 Å². The number of carbonyl (C=O) groups excluding carboxylic acids is 1. The van der Waals surface area contributed by atoms with Gasteiger partial charge >= 0.3 is 12.0 Å². The Balaban J connectivity index is 1.31. The van der Waals surface area contributed by atoms with Crippen molar-refractivity contribution in [2.75, 3.05) is 11.9 Å². The van der Waals surface area contributed by atoms with E-state index in [2.05, 4.69) is 37.3 Å². The van der Waals surface area contributed by atoms with Gasteiger partial charge in [0.2, 0.25) is 0 Å². The normalized spacial score (nSPS) is 14.8. The van der Waals surface area contributed by atoms with Crippen molar-refractivity contribution in [1.29, 1.82) is 0 Å². The van der Waals surface area contributed by atoms with Gasteiger partial charge in [-0.1, -0.05) is 36.4 Å². The monoisotopic (exact) mass is 345 g/mol. The SMILES string of the molecule is O=C(NCC1c2ccccc2-c2cncn21)Nc1nc2ccccc2o1. The third-order valence-corrected chi connectivity index (χ3v) is 4.57. The summed E-state index contributed by atoms with van der Waals surface area (Å²) in [6.07, 6.45) is 3.64. The lowest BCUT2D eigenvalue weighted by Gasteiger charge is -2.15. The predicted octanol–water partition coefficient (Wildman–Crippen LogP) is 3.42. The highest BCUT2D eigenvalue weighted by atomic mass is 16.4. The minimum absolute atomic E-state index is 0.0121. The Morgan fingerprint density at radius 1 is 1.15 bits per heavy atom. The number of anilines is 1. The number of fused-ring (bicyclic) bond motifs is 4. The van der Waals surface area contributed by atoms with Gasteiger partial charge in [-0.15, -0.1) is 0 Å². The van der Waals surface area contributed by atoms with Gasteiger partial charge in [-0.2, -0.15) is 4.98 Å². The molecule has 0 spiro atoms. The fourth-order valence-corrected chi connectivity index (χ4v) is 3.40. The van der Waals surface area contributed by atoms with Crippen LogP contribution in [0.25, 0.3) is 22.4 Å². The number of para-hydroxylation sites is 2. The molecule has 0 bridgehead atoms. The molecule has 7 nitrogen and oxygen atoms in total. The number of urea groups is 1. The highest BCUT2D eigenvalue weighted by molar-refractivity contribution is 5.88. The summed E-state index contributed by atoms with van der Waals surface area (Å²) in [7, 11) is 0. The maximum Gasteiger partial charge on any atom is 0.322 e. The molecule has 1 aliphatic heterocycles. The van der Waals surface area contributed by atoms with E-state index in [9.17, 15) is 4.79 Å². The van der Waals surface area contributed by atoms with Gasteiger partial charge in [0.25, 0.3) is 0 Å². The summed E-state index contributed by atoms with van der Waals surface area (Å²) in [5.41, 5.74) is 4.72. The summed E-state index contributed by atoms with van der Waals surface area (Å²) in [6, 6.07) is 15.4. The quantitative estimate of drug-likeness (QED) is 0.596. The molecule has 128 valence electrons. The molecule has 7 heteroatoms. The van der Waals surface area contributed by atoms with Crippen LogP contribution in [0, 0.1) is 0 Å². The van der Waals surface area contributed by atoms with Gasteiger partial charge in [0, 0.05) is 12.1 Å². The van der Waals surface area contributed by atoms with Gasteiger partial charge in [-0.25, -0.2) is 9.78 Å². The molecule has 1 aliphatic rings. The summed E-state index contributed by atoms with van der Waals surface area (Å²) >= 11 is 0. The van der Waals surface area contributed by atoms with Crippen LogP contribution in [0.5, 0.6) is 0 Å². The Hall–Kier alpha value is -3.61. The number of nitrogens with one attached hydrogen (secondary N) is 2. The Morgan fingerprint density at radius 2 is 2.00 bits per heavy atom. The largest absolute Gasteiger partial charge is 0.423 e. The number of benzene rings is 2. The first kappa shape index (κ1) is 14.7. The number of carbonyl (C=O) groups is 1. The highest BCUT2D eigenvalue weighted by Crippen LogP contribution is 2.38. The Morgan fingerprint density at radius 3 is 2.92 bits per heavy atom. The fraction of sp³-hybridized carbons (Fsp3) is 0.105. The van der Waals surface area contributed by atoms with E-state index < -0.39 is 0 Å². The van der Waals surface area contributed by atoms with Crippen LogP contribution in [-0.4, -0.2) is 27.1 Å². The molecular weight excluding hydrogens is 330 g/mol. The maximum absolute atomic E-state index is 12.3. The van der Waals surface area contributed by atoms with E-state index in [-0.39, 0.29) is 18.1 Å². The van der Waals surface area contributed by atoms with Crippen LogP contribution in [0.2, 0.25) is 0 Å². The molecule has 4 aromatic rings. The average Bonchev–Trinajstić information content (AvgIpc) is 3.34. The van der Waals surface area contributed by atoms with E-state index in [1.165, 1.54) is 5.56 Å². The smallest absolute Gasteiger partial charge is 0.322 e. The van der Waals surface area contributed by atoms with Gasteiger partial charge in [-0.05, 0) is 17.7 Å². The number of nitrogens with zero attached hydrogens (tertiary/aromatic N) is 3. The van der Waals surface area contributed by atoms with Crippen molar-refractivity contribution in [2.24, 2.45) is 0 Å². The van der Waals surface area contributed by atoms with Crippen molar-refractivity contribution in [3.63, 3.8) is 0 Å². The summed E-state index contributed by atoms with van der Waals surface area (Å²) in [5, 5.41) is 5.53. The van der Waals surface area contributed by atoms with E-state index >= 15 is 0 Å². The van der Waals surface area contributed by atoms with Gasteiger partial charge in [-0.3, -0.25) is 5.32 Å². The first-order valence-electron chi connectivity index (χ1n) is 8.31. The lowest BCUT2D eigenvalue weighted by molar-refractivity contribution is 0.250. The molecule has 0 aliphatic carbocycles. The van der Waals surface area contributed by atoms with Crippen LogP contribution in [-0.2, 0) is 0 Å². The highest BCUT2D eigenvalue weighted by Gasteiger charge is 2.28. The standard InChI is InChI=1S/C19H15N5O2/c25-18(23-19-22-14-7-3-4-8-17(14)26-19)21-10-16-13-6-2-1-5-12(13)15-9-20-11-24(15)16/h1-9,11,16H,10H2,(H2,21,22,23,25). The first-order valence-corrected chi connectivity index (χ1v) is 8.31. The van der Waals surface area contributed by atoms with Crippen LogP contribution in [0.15, 0.2) is 65.5 Å². The summed E-state index contributed by atoms with van der Waals surface area (Å²) in [4.78, 5) is 20.7. The van der Waals surface area contributed by atoms with Crippen molar-refractivity contribution in [3.8, 4) is 11.3 Å². The number of hydrogen-bond acceptors (Lipinski definition) is 4. The summed E-state index contributed by atoms with van der Waals surface area (Å²) < 4.78 is 7.59. The molecule has 26 heavy (non-hydrogen) atoms. The molecule has 0 saturated heterocycles. The van der Waals surface area contributed by atoms with Gasteiger partial charge in [0.1, 0.15) is 5.52 Å². The minimum Gasteiger partial charge on any atom is -0.423 e. The second-order valence-corrected chi connectivity index (χ2v) is 6.11. The predicted molar refractivity (Wildman–Crippen MR) is 96.8 cm³/mol. The number of imidazole rings is 1. The molecule has 5 rings (SSSR count). The second-order valence-electron chi connectivity index (χ2n) is 6.11. The Kier molecular flexibility index (Phi) is 3.24. The molecule has 2 aromatic carbocycles. The zero-order valence-corrected chi connectivity index (χ0v) is 13.7. The lowest BCUT2D eigenvalue weighted by Crippen LogP contribution is -2.33. The summed E-state index contributed by atoms with van der Waals surface area (Å²) in [6.45, 7) is 0.437. The summed E-state index contributed by atoms with van der Waals surface area (Å²) in [5.74, 6) is 0. The Bertz CT molecular complexity index is 1080. The van der Waals surface area contributed by atoms with Crippen molar-refractivity contribution < 1.29 is 9.21 Å². The number of rotatable bonds is 3.